The highest BCUT2D eigenvalue weighted by molar-refractivity contribution is 5.82. The summed E-state index contributed by atoms with van der Waals surface area (Å²) in [4.78, 5) is 12.0. The molecule has 1 rings (SSSR count). The van der Waals surface area contributed by atoms with Crippen LogP contribution in [0.5, 0.6) is 0 Å². The van der Waals surface area contributed by atoms with Gasteiger partial charge in [-0.25, -0.2) is 0 Å². The van der Waals surface area contributed by atoms with E-state index >= 15 is 0 Å². The Morgan fingerprint density at radius 1 is 1.30 bits per heavy atom. The minimum absolute atomic E-state index is 0.0547. The van der Waals surface area contributed by atoms with Crippen molar-refractivity contribution in [2.24, 2.45) is 5.92 Å². The Balaban J connectivity index is 2.28. The van der Waals surface area contributed by atoms with Crippen LogP contribution in [0.4, 0.5) is 0 Å². The van der Waals surface area contributed by atoms with Gasteiger partial charge in [0.2, 0.25) is 0 Å². The number of ketones is 1. The molecule has 0 bridgehead atoms. The lowest BCUT2D eigenvalue weighted by Crippen LogP contribution is -2.28. The van der Waals surface area contributed by atoms with E-state index in [9.17, 15) is 4.79 Å². The van der Waals surface area contributed by atoms with Crippen LogP contribution in [0.3, 0.4) is 0 Å². The summed E-state index contributed by atoms with van der Waals surface area (Å²) in [6.45, 7) is 9.31. The molecule has 0 aromatic carbocycles. The van der Waals surface area contributed by atoms with Crippen LogP contribution in [0.1, 0.15) is 79.1 Å². The van der Waals surface area contributed by atoms with E-state index in [-0.39, 0.29) is 11.5 Å². The van der Waals surface area contributed by atoms with Gasteiger partial charge in [-0.2, -0.15) is 0 Å². The second-order valence-electron chi connectivity index (χ2n) is 6.85. The highest BCUT2D eigenvalue weighted by atomic mass is 16.5. The maximum Gasteiger partial charge on any atom is 0.139 e. The zero-order valence-electron chi connectivity index (χ0n) is 13.8. The molecule has 0 aromatic rings. The first-order valence-electron chi connectivity index (χ1n) is 8.23. The predicted octanol–water partition coefficient (Wildman–Crippen LogP) is 5.07. The Morgan fingerprint density at radius 3 is 2.75 bits per heavy atom. The molecule has 0 aliphatic carbocycles. The monoisotopic (exact) mass is 280 g/mol. The van der Waals surface area contributed by atoms with Gasteiger partial charge in [-0.15, -0.1) is 0 Å². The lowest BCUT2D eigenvalue weighted by Gasteiger charge is -2.28. The van der Waals surface area contributed by atoms with E-state index in [1.165, 1.54) is 31.3 Å². The van der Waals surface area contributed by atoms with Gasteiger partial charge < -0.3 is 4.74 Å². The lowest BCUT2D eigenvalue weighted by atomic mass is 9.89. The molecule has 1 aliphatic heterocycles. The summed E-state index contributed by atoms with van der Waals surface area (Å²) in [5, 5.41) is 0. The molecule has 0 amide bonds. The molecule has 2 heteroatoms. The fraction of sp³-hybridized carbons (Fsp3) is 0.833. The fourth-order valence-corrected chi connectivity index (χ4v) is 2.81. The van der Waals surface area contributed by atoms with E-state index in [2.05, 4.69) is 13.8 Å². The van der Waals surface area contributed by atoms with Crippen LogP contribution < -0.4 is 0 Å². The molecule has 0 N–H and O–H groups in total. The average molecular weight is 280 g/mol. The summed E-state index contributed by atoms with van der Waals surface area (Å²) < 4.78 is 6.02. The smallest absolute Gasteiger partial charge is 0.139 e. The zero-order valence-corrected chi connectivity index (χ0v) is 13.8. The second kappa shape index (κ2) is 8.61. The molecule has 0 saturated carbocycles. The van der Waals surface area contributed by atoms with E-state index in [0.29, 0.717) is 12.2 Å². The van der Waals surface area contributed by atoms with Crippen molar-refractivity contribution in [3.8, 4) is 0 Å². The van der Waals surface area contributed by atoms with E-state index in [0.717, 1.165) is 25.9 Å². The highest BCUT2D eigenvalue weighted by Gasteiger charge is 2.26. The van der Waals surface area contributed by atoms with E-state index in [1.807, 2.05) is 19.9 Å². The van der Waals surface area contributed by atoms with Crippen molar-refractivity contribution in [2.45, 2.75) is 84.7 Å². The van der Waals surface area contributed by atoms with Crippen molar-refractivity contribution in [3.63, 3.8) is 0 Å². The minimum atomic E-state index is 0.0547. The number of carbonyl (C=O) groups is 1. The quantitative estimate of drug-likeness (QED) is 0.609. The van der Waals surface area contributed by atoms with Gasteiger partial charge in [0.15, 0.2) is 0 Å². The molecule has 0 spiro atoms. The van der Waals surface area contributed by atoms with Crippen LogP contribution in [0.2, 0.25) is 0 Å². The van der Waals surface area contributed by atoms with E-state index in [1.54, 1.807) is 0 Å². The number of hydrogen-bond acceptors (Lipinski definition) is 2. The Hall–Kier alpha value is -0.630. The van der Waals surface area contributed by atoms with Gasteiger partial charge in [-0.05, 0) is 52.9 Å². The van der Waals surface area contributed by atoms with Crippen LogP contribution in [-0.4, -0.2) is 18.0 Å². The van der Waals surface area contributed by atoms with Gasteiger partial charge in [0.1, 0.15) is 5.78 Å². The number of rotatable bonds is 7. The molecule has 1 fully saturated rings. The standard InChI is InChI=1S/C18H32O2/c1-15(2)10-11-17(19)16(3)9-8-13-18(4)12-6-5-7-14-20-18/h10,16H,5-9,11-14H2,1-4H3. The van der Waals surface area contributed by atoms with Crippen LogP contribution in [0, 0.1) is 5.92 Å². The van der Waals surface area contributed by atoms with Crippen LogP contribution in [-0.2, 0) is 9.53 Å². The fourth-order valence-electron chi connectivity index (χ4n) is 2.81. The van der Waals surface area contributed by atoms with Gasteiger partial charge in [0, 0.05) is 18.9 Å². The van der Waals surface area contributed by atoms with E-state index in [4.69, 9.17) is 4.74 Å². The van der Waals surface area contributed by atoms with Gasteiger partial charge in [0.05, 0.1) is 5.60 Å². The van der Waals surface area contributed by atoms with Crippen LogP contribution in [0.25, 0.3) is 0 Å². The number of Topliss-reactive ketones (excluding diaryl/α,β-unsaturated/α-hetero) is 1. The molecule has 2 unspecified atom stereocenters. The second-order valence-corrected chi connectivity index (χ2v) is 6.85. The van der Waals surface area contributed by atoms with Crippen molar-refractivity contribution in [1.29, 1.82) is 0 Å². The van der Waals surface area contributed by atoms with Crippen molar-refractivity contribution >= 4 is 5.78 Å². The number of carbonyl (C=O) groups excluding carboxylic acids is 1. The average Bonchev–Trinajstić information content (AvgIpc) is 2.61. The summed E-state index contributed by atoms with van der Waals surface area (Å²) in [5.41, 5.74) is 1.28. The Morgan fingerprint density at radius 2 is 2.05 bits per heavy atom. The Labute approximate surface area is 125 Å². The summed E-state index contributed by atoms with van der Waals surface area (Å²) in [6.07, 6.45) is 10.8. The molecule has 2 nitrogen and oxygen atoms in total. The van der Waals surface area contributed by atoms with Gasteiger partial charge in [-0.3, -0.25) is 4.79 Å². The third-order valence-corrected chi connectivity index (χ3v) is 4.40. The van der Waals surface area contributed by atoms with Gasteiger partial charge in [-0.1, -0.05) is 31.4 Å². The molecular weight excluding hydrogens is 248 g/mol. The van der Waals surface area contributed by atoms with E-state index < -0.39 is 0 Å². The lowest BCUT2D eigenvalue weighted by molar-refractivity contribution is -0.121. The maximum absolute atomic E-state index is 12.0. The minimum Gasteiger partial charge on any atom is -0.375 e. The summed E-state index contributed by atoms with van der Waals surface area (Å²) in [5.74, 6) is 0.554. The van der Waals surface area contributed by atoms with Crippen molar-refractivity contribution < 1.29 is 9.53 Å². The largest absolute Gasteiger partial charge is 0.375 e. The molecule has 1 aliphatic rings. The molecule has 116 valence electrons. The van der Waals surface area contributed by atoms with Crippen LogP contribution in [0.15, 0.2) is 11.6 Å². The molecular formula is C18H32O2. The predicted molar refractivity (Wildman–Crippen MR) is 84.9 cm³/mol. The zero-order chi connectivity index (χ0) is 15.0. The topological polar surface area (TPSA) is 26.3 Å². The molecule has 20 heavy (non-hydrogen) atoms. The van der Waals surface area contributed by atoms with Crippen molar-refractivity contribution in [1.82, 2.24) is 0 Å². The molecule has 1 heterocycles. The summed E-state index contributed by atoms with van der Waals surface area (Å²) in [6, 6.07) is 0. The Kier molecular flexibility index (Phi) is 7.50. The number of allylic oxidation sites excluding steroid dienone is 2. The first kappa shape index (κ1) is 17.4. The first-order chi connectivity index (χ1) is 9.43. The van der Waals surface area contributed by atoms with Crippen molar-refractivity contribution in [2.75, 3.05) is 6.61 Å². The molecule has 1 saturated heterocycles. The normalized spacial score (nSPS) is 24.8. The van der Waals surface area contributed by atoms with Crippen molar-refractivity contribution in [3.05, 3.63) is 11.6 Å². The Bertz CT molecular complexity index is 318. The van der Waals surface area contributed by atoms with Gasteiger partial charge >= 0.3 is 0 Å². The SMILES string of the molecule is CC(C)=CCC(=O)C(C)CCCC1(C)CCCCCO1. The molecule has 0 aromatic heterocycles. The third-order valence-electron chi connectivity index (χ3n) is 4.40. The number of ether oxygens (including phenoxy) is 1. The summed E-state index contributed by atoms with van der Waals surface area (Å²) >= 11 is 0. The molecule has 2 atom stereocenters. The summed E-state index contributed by atoms with van der Waals surface area (Å²) in [7, 11) is 0. The third kappa shape index (κ3) is 6.69. The first-order valence-corrected chi connectivity index (χ1v) is 8.23. The number of hydrogen-bond donors (Lipinski definition) is 0. The van der Waals surface area contributed by atoms with Crippen LogP contribution >= 0.6 is 0 Å². The maximum atomic E-state index is 12.0. The van der Waals surface area contributed by atoms with Gasteiger partial charge in [0.25, 0.3) is 0 Å². The highest BCUT2D eigenvalue weighted by Crippen LogP contribution is 2.29. The molecule has 0 radical (unpaired) electrons.